The first kappa shape index (κ1) is 17.2. The van der Waals surface area contributed by atoms with Crippen molar-refractivity contribution in [3.05, 3.63) is 71.3 Å². The van der Waals surface area contributed by atoms with Gasteiger partial charge in [0, 0.05) is 12.1 Å². The summed E-state index contributed by atoms with van der Waals surface area (Å²) in [6.07, 6.45) is 0.731. The van der Waals surface area contributed by atoms with Gasteiger partial charge in [0.1, 0.15) is 0 Å². The number of nitrogens with zero attached hydrogens (tertiary/aromatic N) is 1. The highest BCUT2D eigenvalue weighted by Crippen LogP contribution is 2.33. The fraction of sp³-hybridized carbons (Fsp3) is 0.316. The molecule has 1 N–H and O–H groups in total. The summed E-state index contributed by atoms with van der Waals surface area (Å²) in [6, 6.07) is 16.4. The molecule has 2 rings (SSSR count). The van der Waals surface area contributed by atoms with Gasteiger partial charge in [-0.25, -0.2) is 4.79 Å². The van der Waals surface area contributed by atoms with Crippen LogP contribution in [0.15, 0.2) is 54.6 Å². The Bertz CT molecular complexity index is 655. The molecule has 0 spiro atoms. The zero-order valence-electron chi connectivity index (χ0n) is 13.8. The number of hydrogen-bond donors (Lipinski definition) is 1. The Balaban J connectivity index is 2.55. The third-order valence-electron chi connectivity index (χ3n) is 3.91. The normalized spacial score (nSPS) is 13.6. The van der Waals surface area contributed by atoms with Crippen LogP contribution in [0.4, 0.5) is 0 Å². The minimum absolute atomic E-state index is 0.504. The van der Waals surface area contributed by atoms with Gasteiger partial charge in [0.05, 0.1) is 7.11 Å². The van der Waals surface area contributed by atoms with Crippen LogP contribution in [0.1, 0.15) is 16.7 Å². The van der Waals surface area contributed by atoms with Crippen molar-refractivity contribution in [1.82, 2.24) is 4.90 Å². The van der Waals surface area contributed by atoms with Gasteiger partial charge in [-0.15, -0.1) is 0 Å². The van der Waals surface area contributed by atoms with Crippen molar-refractivity contribution in [3.8, 4) is 0 Å². The number of benzene rings is 2. The summed E-state index contributed by atoms with van der Waals surface area (Å²) in [4.78, 5) is 14.5. The largest absolute Gasteiger partial charge is 0.466 e. The van der Waals surface area contributed by atoms with Crippen LogP contribution in [0, 0.1) is 0 Å². The van der Waals surface area contributed by atoms with E-state index in [1.807, 2.05) is 38.4 Å². The van der Waals surface area contributed by atoms with Gasteiger partial charge in [0.2, 0.25) is 5.60 Å². The molecule has 122 valence electrons. The number of carbonyl (C=O) groups excluding carboxylic acids is 1. The van der Waals surface area contributed by atoms with Crippen molar-refractivity contribution in [2.45, 2.75) is 12.0 Å². The average Bonchev–Trinajstić information content (AvgIpc) is 2.59. The summed E-state index contributed by atoms with van der Waals surface area (Å²) in [5.74, 6) is -0.680. The van der Waals surface area contributed by atoms with Gasteiger partial charge in [0.15, 0.2) is 0 Å². The Labute approximate surface area is 137 Å². The molecule has 4 nitrogen and oxygen atoms in total. The third-order valence-corrected chi connectivity index (χ3v) is 3.91. The first-order valence-electron chi connectivity index (χ1n) is 7.59. The number of hydrogen-bond acceptors (Lipinski definition) is 4. The minimum atomic E-state index is -1.81. The Morgan fingerprint density at radius 2 is 1.70 bits per heavy atom. The maximum atomic E-state index is 12.4. The maximum absolute atomic E-state index is 12.4. The number of rotatable bonds is 6. The zero-order chi connectivity index (χ0) is 16.9. The van der Waals surface area contributed by atoms with Crippen LogP contribution in [0.3, 0.4) is 0 Å². The number of aliphatic hydroxyl groups is 1. The molecule has 0 saturated carbocycles. The van der Waals surface area contributed by atoms with E-state index in [4.69, 9.17) is 4.74 Å². The van der Waals surface area contributed by atoms with E-state index in [1.54, 1.807) is 30.3 Å². The van der Waals surface area contributed by atoms with Crippen molar-refractivity contribution in [2.24, 2.45) is 0 Å². The van der Waals surface area contributed by atoms with E-state index in [0.717, 1.165) is 18.5 Å². The van der Waals surface area contributed by atoms with E-state index in [2.05, 4.69) is 4.90 Å². The highest BCUT2D eigenvalue weighted by molar-refractivity contribution is 5.85. The van der Waals surface area contributed by atoms with E-state index >= 15 is 0 Å². The van der Waals surface area contributed by atoms with Crippen LogP contribution in [-0.4, -0.2) is 43.7 Å². The Morgan fingerprint density at radius 1 is 1.09 bits per heavy atom. The molecule has 0 aliphatic carbocycles. The van der Waals surface area contributed by atoms with Gasteiger partial charge in [-0.1, -0.05) is 54.6 Å². The molecule has 2 aromatic rings. The predicted octanol–water partition coefficient (Wildman–Crippen LogP) is 2.20. The summed E-state index contributed by atoms with van der Waals surface area (Å²) in [6.45, 7) is 0.822. The van der Waals surface area contributed by atoms with E-state index in [1.165, 1.54) is 7.11 Å². The summed E-state index contributed by atoms with van der Waals surface area (Å²) < 4.78 is 4.91. The quantitative estimate of drug-likeness (QED) is 0.831. The molecule has 0 saturated heterocycles. The van der Waals surface area contributed by atoms with Crippen LogP contribution >= 0.6 is 0 Å². The first-order chi connectivity index (χ1) is 11.0. The second-order valence-electron chi connectivity index (χ2n) is 5.78. The smallest absolute Gasteiger partial charge is 0.347 e. The Hall–Kier alpha value is -2.17. The van der Waals surface area contributed by atoms with Gasteiger partial charge < -0.3 is 14.7 Å². The lowest BCUT2D eigenvalue weighted by atomic mass is 9.83. The number of esters is 1. The van der Waals surface area contributed by atoms with E-state index in [0.29, 0.717) is 11.1 Å². The van der Waals surface area contributed by atoms with Gasteiger partial charge in [-0.2, -0.15) is 0 Å². The lowest BCUT2D eigenvalue weighted by molar-refractivity contribution is -0.159. The Morgan fingerprint density at radius 3 is 2.30 bits per heavy atom. The highest BCUT2D eigenvalue weighted by Gasteiger charge is 2.42. The molecule has 1 unspecified atom stereocenters. The summed E-state index contributed by atoms with van der Waals surface area (Å²) in [5.41, 5.74) is 0.195. The van der Waals surface area contributed by atoms with Crippen LogP contribution in [0.5, 0.6) is 0 Å². The molecule has 1 atom stereocenters. The third kappa shape index (κ3) is 3.60. The highest BCUT2D eigenvalue weighted by atomic mass is 16.5. The van der Waals surface area contributed by atoms with Gasteiger partial charge >= 0.3 is 5.97 Å². The second-order valence-corrected chi connectivity index (χ2v) is 5.78. The van der Waals surface area contributed by atoms with Crippen molar-refractivity contribution in [2.75, 3.05) is 27.7 Å². The molecule has 2 aromatic carbocycles. The molecular weight excluding hydrogens is 290 g/mol. The average molecular weight is 313 g/mol. The van der Waals surface area contributed by atoms with Crippen molar-refractivity contribution in [1.29, 1.82) is 0 Å². The lowest BCUT2D eigenvalue weighted by Crippen LogP contribution is -2.39. The lowest BCUT2D eigenvalue weighted by Gasteiger charge is -2.28. The van der Waals surface area contributed by atoms with Gasteiger partial charge in [0.25, 0.3) is 0 Å². The number of ether oxygens (including phenoxy) is 1. The molecule has 0 fully saturated rings. The molecule has 0 amide bonds. The molecule has 4 heteroatoms. The molecule has 23 heavy (non-hydrogen) atoms. The predicted molar refractivity (Wildman–Crippen MR) is 90.2 cm³/mol. The van der Waals surface area contributed by atoms with Crippen molar-refractivity contribution in [3.63, 3.8) is 0 Å². The topological polar surface area (TPSA) is 49.8 Å². The number of likely N-dealkylation sites (N-methyl/N-ethyl adjacent to an activating group) is 1. The van der Waals surface area contributed by atoms with Crippen LogP contribution < -0.4 is 0 Å². The molecule has 0 aromatic heterocycles. The molecule has 0 radical (unpaired) electrons. The molecule has 0 aliphatic heterocycles. The number of carbonyl (C=O) groups is 1. The first-order valence-corrected chi connectivity index (χ1v) is 7.59. The van der Waals surface area contributed by atoms with Crippen LogP contribution in [0.25, 0.3) is 0 Å². The van der Waals surface area contributed by atoms with Crippen molar-refractivity contribution >= 4 is 5.97 Å². The summed E-state index contributed by atoms with van der Waals surface area (Å²) >= 11 is 0. The zero-order valence-corrected chi connectivity index (χ0v) is 13.8. The van der Waals surface area contributed by atoms with Crippen LogP contribution in [-0.2, 0) is 21.6 Å². The monoisotopic (exact) mass is 313 g/mol. The molecular formula is C19H23NO3. The van der Waals surface area contributed by atoms with E-state index in [9.17, 15) is 9.90 Å². The number of methoxy groups -OCH3 is 1. The standard InChI is InChI=1S/C19H23NO3/c1-20(2)14-13-15-9-7-8-12-17(15)19(22,18(21)23-3)16-10-5-4-6-11-16/h4-12,22H,13-14H2,1-3H3. The fourth-order valence-electron chi connectivity index (χ4n) is 2.65. The molecule has 0 aliphatic rings. The SMILES string of the molecule is COC(=O)C(O)(c1ccccc1)c1ccccc1CCN(C)C. The van der Waals surface area contributed by atoms with Gasteiger partial charge in [-0.05, 0) is 31.6 Å². The summed E-state index contributed by atoms with van der Waals surface area (Å²) in [5, 5.41) is 11.3. The van der Waals surface area contributed by atoms with Gasteiger partial charge in [-0.3, -0.25) is 0 Å². The van der Waals surface area contributed by atoms with E-state index < -0.39 is 11.6 Å². The summed E-state index contributed by atoms with van der Waals surface area (Å²) in [7, 11) is 5.28. The molecule has 0 bridgehead atoms. The second kappa shape index (κ2) is 7.40. The molecule has 0 heterocycles. The van der Waals surface area contributed by atoms with Crippen LogP contribution in [0.2, 0.25) is 0 Å². The minimum Gasteiger partial charge on any atom is -0.466 e. The Kier molecular flexibility index (Phi) is 5.53. The fourth-order valence-corrected chi connectivity index (χ4v) is 2.65. The van der Waals surface area contributed by atoms with E-state index in [-0.39, 0.29) is 0 Å². The maximum Gasteiger partial charge on any atom is 0.347 e. The van der Waals surface area contributed by atoms with Crippen molar-refractivity contribution < 1.29 is 14.6 Å².